The van der Waals surface area contributed by atoms with Crippen LogP contribution >= 0.6 is 0 Å². The Kier molecular flexibility index (Phi) is 5.67. The monoisotopic (exact) mass is 262 g/mol. The predicted octanol–water partition coefficient (Wildman–Crippen LogP) is 3.05. The van der Waals surface area contributed by atoms with Crippen molar-refractivity contribution in [3.05, 3.63) is 12.4 Å². The lowest BCUT2D eigenvalue weighted by Crippen LogP contribution is -2.11. The number of halogens is 3. The maximum atomic E-state index is 11.9. The van der Waals surface area contributed by atoms with Crippen LogP contribution in [-0.4, -0.2) is 29.2 Å². The molecule has 18 heavy (non-hydrogen) atoms. The van der Waals surface area contributed by atoms with Crippen LogP contribution in [0.25, 0.3) is 0 Å². The van der Waals surface area contributed by atoms with Gasteiger partial charge in [-0.3, -0.25) is 0 Å². The fraction of sp³-hybridized carbons (Fsp3) is 0.636. The second kappa shape index (κ2) is 7.03. The van der Waals surface area contributed by atoms with Crippen LogP contribution in [0.2, 0.25) is 0 Å². The summed E-state index contributed by atoms with van der Waals surface area (Å²) < 4.78 is 35.8. The highest BCUT2D eigenvalue weighted by atomic mass is 19.4. The highest BCUT2D eigenvalue weighted by Gasteiger charge is 2.25. The quantitative estimate of drug-likeness (QED) is 0.741. The fourth-order valence-corrected chi connectivity index (χ4v) is 1.31. The molecule has 0 radical (unpaired) electrons. The number of rotatable bonds is 7. The molecule has 0 saturated carbocycles. The van der Waals surface area contributed by atoms with Gasteiger partial charge in [-0.15, -0.1) is 0 Å². The summed E-state index contributed by atoms with van der Waals surface area (Å²) >= 11 is 0. The fourth-order valence-electron chi connectivity index (χ4n) is 1.31. The van der Waals surface area contributed by atoms with E-state index in [9.17, 15) is 13.2 Å². The molecule has 0 aliphatic carbocycles. The van der Waals surface area contributed by atoms with Gasteiger partial charge in [0.2, 0.25) is 0 Å². The van der Waals surface area contributed by atoms with E-state index in [1.807, 2.05) is 6.92 Å². The lowest BCUT2D eigenvalue weighted by Gasteiger charge is -2.09. The summed E-state index contributed by atoms with van der Waals surface area (Å²) in [4.78, 5) is 7.94. The van der Waals surface area contributed by atoms with Gasteiger partial charge < -0.3 is 10.6 Å². The molecule has 0 aliphatic heterocycles. The second-order valence-corrected chi connectivity index (χ2v) is 3.86. The largest absolute Gasteiger partial charge is 0.389 e. The Morgan fingerprint density at radius 3 is 2.28 bits per heavy atom. The van der Waals surface area contributed by atoms with Gasteiger partial charge in [0.05, 0.1) is 0 Å². The standard InChI is InChI=1S/C11H17F3N4/c1-2-5-15-9-7-10(18-8-17-9)16-6-3-4-11(12,13)14/h7-8H,2-6H2,1H3,(H2,15,16,17,18). The summed E-state index contributed by atoms with van der Waals surface area (Å²) in [5, 5.41) is 5.92. The van der Waals surface area contributed by atoms with Crippen LogP contribution in [0, 0.1) is 0 Å². The molecule has 0 bridgehead atoms. The normalized spacial score (nSPS) is 11.3. The Labute approximate surface area is 104 Å². The maximum Gasteiger partial charge on any atom is 0.389 e. The van der Waals surface area contributed by atoms with Crippen molar-refractivity contribution in [2.45, 2.75) is 32.4 Å². The summed E-state index contributed by atoms with van der Waals surface area (Å²) in [6.45, 7) is 3.07. The zero-order valence-corrected chi connectivity index (χ0v) is 10.2. The minimum atomic E-state index is -4.10. The third kappa shape index (κ3) is 6.27. The van der Waals surface area contributed by atoms with Crippen LogP contribution in [0.3, 0.4) is 0 Å². The molecule has 0 aliphatic rings. The number of aromatic nitrogens is 2. The topological polar surface area (TPSA) is 49.8 Å². The maximum absolute atomic E-state index is 11.9. The minimum absolute atomic E-state index is 0.0330. The van der Waals surface area contributed by atoms with Gasteiger partial charge in [-0.2, -0.15) is 13.2 Å². The second-order valence-electron chi connectivity index (χ2n) is 3.86. The van der Waals surface area contributed by atoms with E-state index in [4.69, 9.17) is 0 Å². The predicted molar refractivity (Wildman–Crippen MR) is 64.6 cm³/mol. The number of hydrogen-bond acceptors (Lipinski definition) is 4. The highest BCUT2D eigenvalue weighted by Crippen LogP contribution is 2.21. The van der Waals surface area contributed by atoms with E-state index in [2.05, 4.69) is 20.6 Å². The lowest BCUT2D eigenvalue weighted by molar-refractivity contribution is -0.134. The van der Waals surface area contributed by atoms with Crippen LogP contribution in [0.4, 0.5) is 24.8 Å². The van der Waals surface area contributed by atoms with Crippen LogP contribution in [0.5, 0.6) is 0 Å². The van der Waals surface area contributed by atoms with Crippen molar-refractivity contribution in [1.82, 2.24) is 9.97 Å². The van der Waals surface area contributed by atoms with E-state index in [1.165, 1.54) is 6.33 Å². The Bertz CT molecular complexity index is 354. The summed E-state index contributed by atoms with van der Waals surface area (Å²) in [6, 6.07) is 1.68. The molecule has 102 valence electrons. The number of nitrogens with one attached hydrogen (secondary N) is 2. The Morgan fingerprint density at radius 2 is 1.72 bits per heavy atom. The molecule has 1 rings (SSSR count). The summed E-state index contributed by atoms with van der Waals surface area (Å²) in [6.07, 6.45) is -2.50. The smallest absolute Gasteiger partial charge is 0.370 e. The number of alkyl halides is 3. The Balaban J connectivity index is 2.33. The first kappa shape index (κ1) is 14.5. The van der Waals surface area contributed by atoms with E-state index < -0.39 is 12.6 Å². The summed E-state index contributed by atoms with van der Waals surface area (Å²) in [7, 11) is 0. The van der Waals surface area contributed by atoms with E-state index in [0.717, 1.165) is 13.0 Å². The number of hydrogen-bond donors (Lipinski definition) is 2. The molecule has 0 spiro atoms. The minimum Gasteiger partial charge on any atom is -0.370 e. The third-order valence-electron chi connectivity index (χ3n) is 2.17. The van der Waals surface area contributed by atoms with Crippen LogP contribution < -0.4 is 10.6 Å². The van der Waals surface area contributed by atoms with Crippen molar-refractivity contribution in [3.63, 3.8) is 0 Å². The Hall–Kier alpha value is -1.53. The zero-order valence-electron chi connectivity index (χ0n) is 10.2. The van der Waals surface area contributed by atoms with Crippen LogP contribution in [-0.2, 0) is 0 Å². The first-order valence-electron chi connectivity index (χ1n) is 5.88. The Morgan fingerprint density at radius 1 is 1.11 bits per heavy atom. The SMILES string of the molecule is CCCNc1cc(NCCCC(F)(F)F)ncn1. The molecular weight excluding hydrogens is 245 g/mol. The summed E-state index contributed by atoms with van der Waals surface area (Å²) in [5.41, 5.74) is 0. The molecule has 4 nitrogen and oxygen atoms in total. The van der Waals surface area contributed by atoms with Gasteiger partial charge >= 0.3 is 6.18 Å². The molecule has 0 amide bonds. The molecule has 0 saturated heterocycles. The average Bonchev–Trinajstić information content (AvgIpc) is 2.31. The van der Waals surface area contributed by atoms with E-state index in [1.54, 1.807) is 6.07 Å². The first-order chi connectivity index (χ1) is 8.51. The third-order valence-corrected chi connectivity index (χ3v) is 2.17. The van der Waals surface area contributed by atoms with Gasteiger partial charge in [0.25, 0.3) is 0 Å². The molecule has 1 heterocycles. The summed E-state index contributed by atoms with van der Waals surface area (Å²) in [5.74, 6) is 1.20. The van der Waals surface area contributed by atoms with Crippen molar-refractivity contribution in [2.24, 2.45) is 0 Å². The molecule has 0 fully saturated rings. The van der Waals surface area contributed by atoms with Crippen LogP contribution in [0.1, 0.15) is 26.2 Å². The van der Waals surface area contributed by atoms with E-state index in [-0.39, 0.29) is 13.0 Å². The van der Waals surface area contributed by atoms with Crippen molar-refractivity contribution >= 4 is 11.6 Å². The molecular formula is C11H17F3N4. The van der Waals surface area contributed by atoms with Crippen molar-refractivity contribution in [1.29, 1.82) is 0 Å². The van der Waals surface area contributed by atoms with Crippen molar-refractivity contribution in [3.8, 4) is 0 Å². The van der Waals surface area contributed by atoms with Gasteiger partial charge in [-0.25, -0.2) is 9.97 Å². The molecule has 1 aromatic heterocycles. The first-order valence-corrected chi connectivity index (χ1v) is 5.88. The molecule has 0 unspecified atom stereocenters. The van der Waals surface area contributed by atoms with Gasteiger partial charge in [0.1, 0.15) is 18.0 Å². The lowest BCUT2D eigenvalue weighted by atomic mass is 10.3. The number of anilines is 2. The van der Waals surface area contributed by atoms with Crippen molar-refractivity contribution < 1.29 is 13.2 Å². The number of nitrogens with zero attached hydrogens (tertiary/aromatic N) is 2. The van der Waals surface area contributed by atoms with Gasteiger partial charge in [-0.1, -0.05) is 6.92 Å². The zero-order chi connectivity index (χ0) is 13.4. The van der Waals surface area contributed by atoms with E-state index >= 15 is 0 Å². The molecule has 0 aromatic carbocycles. The van der Waals surface area contributed by atoms with Crippen molar-refractivity contribution in [2.75, 3.05) is 23.7 Å². The molecule has 1 aromatic rings. The van der Waals surface area contributed by atoms with E-state index in [0.29, 0.717) is 11.6 Å². The van der Waals surface area contributed by atoms with Crippen LogP contribution in [0.15, 0.2) is 12.4 Å². The molecule has 7 heteroatoms. The molecule has 2 N–H and O–H groups in total. The van der Waals surface area contributed by atoms with Gasteiger partial charge in [0, 0.05) is 25.6 Å². The van der Waals surface area contributed by atoms with Gasteiger partial charge in [-0.05, 0) is 12.8 Å². The average molecular weight is 262 g/mol. The molecule has 0 atom stereocenters. The highest BCUT2D eigenvalue weighted by molar-refractivity contribution is 5.46. The van der Waals surface area contributed by atoms with Gasteiger partial charge in [0.15, 0.2) is 0 Å².